The first kappa shape index (κ1) is 13.9. The maximum Gasteiger partial charge on any atom is 0.191 e. The first-order chi connectivity index (χ1) is 9.10. The van der Waals surface area contributed by atoms with Crippen LogP contribution >= 0.6 is 0 Å². The van der Waals surface area contributed by atoms with E-state index in [-0.39, 0.29) is 0 Å². The summed E-state index contributed by atoms with van der Waals surface area (Å²) in [5.41, 5.74) is 2.70. The summed E-state index contributed by atoms with van der Waals surface area (Å²) < 4.78 is 0. The maximum atomic E-state index is 4.28. The number of nitrogens with zero attached hydrogens (tertiary/aromatic N) is 1. The van der Waals surface area contributed by atoms with Gasteiger partial charge in [-0.2, -0.15) is 0 Å². The molecule has 3 unspecified atom stereocenters. The van der Waals surface area contributed by atoms with Gasteiger partial charge in [0, 0.05) is 19.6 Å². The summed E-state index contributed by atoms with van der Waals surface area (Å²) in [4.78, 5) is 4.28. The molecule has 0 radical (unpaired) electrons. The van der Waals surface area contributed by atoms with Crippen molar-refractivity contribution >= 4 is 5.96 Å². The minimum atomic E-state index is 0.482. The fourth-order valence-electron chi connectivity index (χ4n) is 2.24. The van der Waals surface area contributed by atoms with Crippen LogP contribution in [0.25, 0.3) is 0 Å². The lowest BCUT2D eigenvalue weighted by Gasteiger charge is -2.16. The summed E-state index contributed by atoms with van der Waals surface area (Å²) in [6, 6.07) is 9.32. The van der Waals surface area contributed by atoms with Gasteiger partial charge in [0.25, 0.3) is 0 Å². The van der Waals surface area contributed by atoms with Gasteiger partial charge in [-0.05, 0) is 30.7 Å². The first-order valence-electron chi connectivity index (χ1n) is 7.14. The molecule has 0 bridgehead atoms. The van der Waals surface area contributed by atoms with Gasteiger partial charge in [-0.15, -0.1) is 0 Å². The van der Waals surface area contributed by atoms with Gasteiger partial charge in [-0.1, -0.05) is 43.7 Å². The van der Waals surface area contributed by atoms with Crippen LogP contribution in [0, 0.1) is 12.8 Å². The molecule has 0 aliphatic heterocycles. The molecule has 2 N–H and O–H groups in total. The molecule has 1 fully saturated rings. The van der Waals surface area contributed by atoms with Gasteiger partial charge in [0.15, 0.2) is 5.96 Å². The Bertz CT molecular complexity index is 453. The van der Waals surface area contributed by atoms with Crippen molar-refractivity contribution in [1.82, 2.24) is 10.6 Å². The summed E-state index contributed by atoms with van der Waals surface area (Å²) in [5, 5.41) is 6.87. The average Bonchev–Trinajstić information content (AvgIpc) is 3.09. The Hall–Kier alpha value is -1.51. The lowest BCUT2D eigenvalue weighted by atomic mass is 9.99. The molecule has 1 aromatic carbocycles. The van der Waals surface area contributed by atoms with Crippen LogP contribution in [0.4, 0.5) is 0 Å². The number of hydrogen-bond acceptors (Lipinski definition) is 1. The Morgan fingerprint density at radius 3 is 2.79 bits per heavy atom. The summed E-state index contributed by atoms with van der Waals surface area (Å²) in [5.74, 6) is 2.19. The van der Waals surface area contributed by atoms with E-state index in [4.69, 9.17) is 0 Å². The molecule has 1 aromatic rings. The first-order valence-corrected chi connectivity index (χ1v) is 7.14. The summed E-state index contributed by atoms with van der Waals surface area (Å²) >= 11 is 0. The zero-order valence-corrected chi connectivity index (χ0v) is 12.4. The Morgan fingerprint density at radius 2 is 2.21 bits per heavy atom. The molecule has 3 atom stereocenters. The average molecular weight is 259 g/mol. The molecule has 104 valence electrons. The third-order valence-electron chi connectivity index (χ3n) is 3.84. The zero-order chi connectivity index (χ0) is 13.8. The van der Waals surface area contributed by atoms with E-state index in [0.717, 1.165) is 18.4 Å². The number of rotatable bonds is 4. The van der Waals surface area contributed by atoms with E-state index in [9.17, 15) is 0 Å². The van der Waals surface area contributed by atoms with Crippen molar-refractivity contribution in [2.24, 2.45) is 10.9 Å². The summed E-state index contributed by atoms with van der Waals surface area (Å²) in [6.45, 7) is 7.55. The van der Waals surface area contributed by atoms with Crippen molar-refractivity contribution in [3.8, 4) is 0 Å². The molecule has 3 heteroatoms. The third kappa shape index (κ3) is 3.98. The minimum absolute atomic E-state index is 0.482. The monoisotopic (exact) mass is 259 g/mol. The van der Waals surface area contributed by atoms with Gasteiger partial charge >= 0.3 is 0 Å². The molecule has 0 heterocycles. The normalized spacial score (nSPS) is 23.9. The molecular weight excluding hydrogens is 234 g/mol. The van der Waals surface area contributed by atoms with Crippen LogP contribution in [0.15, 0.2) is 29.3 Å². The Labute approximate surface area is 116 Å². The molecule has 0 amide bonds. The van der Waals surface area contributed by atoms with Crippen LogP contribution in [0.5, 0.6) is 0 Å². The second-order valence-electron chi connectivity index (χ2n) is 5.73. The van der Waals surface area contributed by atoms with Crippen LogP contribution in [0.3, 0.4) is 0 Å². The van der Waals surface area contributed by atoms with Crippen LogP contribution < -0.4 is 10.6 Å². The highest BCUT2D eigenvalue weighted by atomic mass is 15.2. The van der Waals surface area contributed by atoms with Crippen LogP contribution in [0.2, 0.25) is 0 Å². The second kappa shape index (κ2) is 6.09. The van der Waals surface area contributed by atoms with Gasteiger partial charge in [-0.3, -0.25) is 4.99 Å². The molecule has 1 saturated carbocycles. The second-order valence-corrected chi connectivity index (χ2v) is 5.73. The van der Waals surface area contributed by atoms with E-state index in [1.54, 1.807) is 0 Å². The summed E-state index contributed by atoms with van der Waals surface area (Å²) in [6.07, 6.45) is 1.26. The Morgan fingerprint density at radius 1 is 1.47 bits per heavy atom. The zero-order valence-electron chi connectivity index (χ0n) is 12.4. The number of nitrogens with one attached hydrogen (secondary N) is 2. The van der Waals surface area contributed by atoms with Crippen molar-refractivity contribution < 1.29 is 0 Å². The molecular formula is C16H25N3. The fraction of sp³-hybridized carbons (Fsp3) is 0.562. The van der Waals surface area contributed by atoms with Crippen molar-refractivity contribution in [1.29, 1.82) is 0 Å². The van der Waals surface area contributed by atoms with Crippen molar-refractivity contribution in [2.75, 3.05) is 13.6 Å². The number of guanidine groups is 1. The van der Waals surface area contributed by atoms with Crippen LogP contribution in [-0.2, 0) is 0 Å². The van der Waals surface area contributed by atoms with E-state index in [2.05, 4.69) is 60.7 Å². The third-order valence-corrected chi connectivity index (χ3v) is 3.84. The maximum absolute atomic E-state index is 4.28. The lowest BCUT2D eigenvalue weighted by Crippen LogP contribution is -2.40. The number of aliphatic imine (C=N–C) groups is 1. The quantitative estimate of drug-likeness (QED) is 0.644. The van der Waals surface area contributed by atoms with E-state index >= 15 is 0 Å². The van der Waals surface area contributed by atoms with Crippen molar-refractivity contribution in [3.05, 3.63) is 35.4 Å². The van der Waals surface area contributed by atoms with Gasteiger partial charge < -0.3 is 10.6 Å². The largest absolute Gasteiger partial charge is 0.356 e. The smallest absolute Gasteiger partial charge is 0.191 e. The van der Waals surface area contributed by atoms with E-state index in [0.29, 0.717) is 12.0 Å². The molecule has 0 aromatic heterocycles. The van der Waals surface area contributed by atoms with E-state index in [1.165, 1.54) is 17.5 Å². The number of benzene rings is 1. The lowest BCUT2D eigenvalue weighted by molar-refractivity contribution is 0.690. The van der Waals surface area contributed by atoms with E-state index < -0.39 is 0 Å². The van der Waals surface area contributed by atoms with Gasteiger partial charge in [0.1, 0.15) is 0 Å². The standard InChI is InChI=1S/C16H25N3/c1-11-6-5-7-14(8-11)13(3)10-18-16(17-4)19-15-9-12(15)2/h5-8,12-13,15H,9-10H2,1-4H3,(H2,17,18,19). The predicted octanol–water partition coefficient (Wildman–Crippen LogP) is 2.67. The van der Waals surface area contributed by atoms with Gasteiger partial charge in [-0.25, -0.2) is 0 Å². The van der Waals surface area contributed by atoms with Gasteiger partial charge in [0.2, 0.25) is 0 Å². The molecule has 0 spiro atoms. The molecule has 3 nitrogen and oxygen atoms in total. The number of aryl methyl sites for hydroxylation is 1. The SMILES string of the molecule is CN=C(NCC(C)c1cccc(C)c1)NC1CC1C. The number of hydrogen-bond donors (Lipinski definition) is 2. The highest BCUT2D eigenvalue weighted by Gasteiger charge is 2.33. The van der Waals surface area contributed by atoms with Crippen LogP contribution in [-0.4, -0.2) is 25.6 Å². The molecule has 0 saturated heterocycles. The van der Waals surface area contributed by atoms with Crippen molar-refractivity contribution in [3.63, 3.8) is 0 Å². The molecule has 2 rings (SSSR count). The highest BCUT2D eigenvalue weighted by Crippen LogP contribution is 2.28. The van der Waals surface area contributed by atoms with E-state index in [1.807, 2.05) is 7.05 Å². The summed E-state index contributed by atoms with van der Waals surface area (Å²) in [7, 11) is 1.83. The minimum Gasteiger partial charge on any atom is -0.356 e. The fourth-order valence-corrected chi connectivity index (χ4v) is 2.24. The van der Waals surface area contributed by atoms with Crippen LogP contribution in [0.1, 0.15) is 37.3 Å². The Kier molecular flexibility index (Phi) is 4.46. The highest BCUT2D eigenvalue weighted by molar-refractivity contribution is 5.80. The predicted molar refractivity (Wildman–Crippen MR) is 81.7 cm³/mol. The Balaban J connectivity index is 1.83. The molecule has 1 aliphatic carbocycles. The van der Waals surface area contributed by atoms with Crippen molar-refractivity contribution in [2.45, 2.75) is 39.2 Å². The topological polar surface area (TPSA) is 36.4 Å². The molecule has 1 aliphatic rings. The molecule has 19 heavy (non-hydrogen) atoms. The van der Waals surface area contributed by atoms with Gasteiger partial charge in [0.05, 0.1) is 0 Å².